The van der Waals surface area contributed by atoms with Crippen LogP contribution in [0.5, 0.6) is 5.75 Å². The van der Waals surface area contributed by atoms with E-state index in [1.54, 1.807) is 17.4 Å². The van der Waals surface area contributed by atoms with Crippen LogP contribution in [0.25, 0.3) is 10.6 Å². The van der Waals surface area contributed by atoms with Gasteiger partial charge in [0.2, 0.25) is 0 Å². The van der Waals surface area contributed by atoms with E-state index in [-0.39, 0.29) is 12.0 Å². The summed E-state index contributed by atoms with van der Waals surface area (Å²) in [6.45, 7) is 4.42. The third kappa shape index (κ3) is 4.02. The Morgan fingerprint density at radius 2 is 2.08 bits per heavy atom. The van der Waals surface area contributed by atoms with E-state index in [1.807, 2.05) is 55.6 Å². The van der Waals surface area contributed by atoms with Crippen molar-refractivity contribution in [2.75, 3.05) is 0 Å². The molecule has 0 saturated carbocycles. The molecule has 1 aromatic carbocycles. The lowest BCUT2D eigenvalue weighted by Gasteiger charge is -2.10. The van der Waals surface area contributed by atoms with Crippen molar-refractivity contribution in [3.63, 3.8) is 0 Å². The lowest BCUT2D eigenvalue weighted by Crippen LogP contribution is -2.23. The SMILES string of the molecule is CC(C)Oc1ccc(CNC(=O)c2cc(-c3cccs3)[nH]n2)cc1. The van der Waals surface area contributed by atoms with Crippen LogP contribution in [0.4, 0.5) is 0 Å². The molecule has 3 rings (SSSR count). The predicted octanol–water partition coefficient (Wildman–Crippen LogP) is 3.86. The predicted molar refractivity (Wildman–Crippen MR) is 95.3 cm³/mol. The standard InChI is InChI=1S/C18H19N3O2S/c1-12(2)23-14-7-5-13(6-8-14)11-19-18(22)16-10-15(20-21-16)17-4-3-9-24-17/h3-10,12H,11H2,1-2H3,(H,19,22)(H,20,21). The van der Waals surface area contributed by atoms with Crippen molar-refractivity contribution in [3.8, 4) is 16.3 Å². The van der Waals surface area contributed by atoms with Gasteiger partial charge in [0.15, 0.2) is 5.69 Å². The third-order valence-corrected chi connectivity index (χ3v) is 4.25. The summed E-state index contributed by atoms with van der Waals surface area (Å²) in [5.41, 5.74) is 2.25. The fraction of sp³-hybridized carbons (Fsp3) is 0.222. The summed E-state index contributed by atoms with van der Waals surface area (Å²) < 4.78 is 5.60. The molecule has 0 radical (unpaired) electrons. The van der Waals surface area contributed by atoms with Crippen LogP contribution in [0.2, 0.25) is 0 Å². The molecule has 0 aliphatic rings. The molecular weight excluding hydrogens is 322 g/mol. The van der Waals surface area contributed by atoms with Gasteiger partial charge in [-0.05, 0) is 49.1 Å². The highest BCUT2D eigenvalue weighted by Crippen LogP contribution is 2.22. The molecule has 2 aromatic heterocycles. The van der Waals surface area contributed by atoms with Crippen molar-refractivity contribution in [1.29, 1.82) is 0 Å². The average Bonchev–Trinajstić information content (AvgIpc) is 3.24. The van der Waals surface area contributed by atoms with E-state index in [0.717, 1.165) is 21.9 Å². The number of thiophene rings is 1. The monoisotopic (exact) mass is 341 g/mol. The maximum Gasteiger partial charge on any atom is 0.272 e. The van der Waals surface area contributed by atoms with E-state index in [0.29, 0.717) is 12.2 Å². The molecule has 6 heteroatoms. The molecular formula is C18H19N3O2S. The first-order valence-electron chi connectivity index (χ1n) is 7.75. The summed E-state index contributed by atoms with van der Waals surface area (Å²) in [6, 6.07) is 13.4. The number of carbonyl (C=O) groups is 1. The second-order valence-electron chi connectivity index (χ2n) is 5.64. The highest BCUT2D eigenvalue weighted by molar-refractivity contribution is 7.13. The number of nitrogens with one attached hydrogen (secondary N) is 2. The second-order valence-corrected chi connectivity index (χ2v) is 6.59. The Morgan fingerprint density at radius 3 is 2.75 bits per heavy atom. The Labute approximate surface area is 144 Å². The Hall–Kier alpha value is -2.60. The molecule has 124 valence electrons. The maximum atomic E-state index is 12.2. The van der Waals surface area contributed by atoms with Gasteiger partial charge in [-0.2, -0.15) is 5.10 Å². The molecule has 0 fully saturated rings. The summed E-state index contributed by atoms with van der Waals surface area (Å²) in [4.78, 5) is 13.3. The zero-order valence-corrected chi connectivity index (χ0v) is 14.4. The second kappa shape index (κ2) is 7.31. The van der Waals surface area contributed by atoms with Gasteiger partial charge < -0.3 is 10.1 Å². The van der Waals surface area contributed by atoms with Crippen LogP contribution >= 0.6 is 11.3 Å². The van der Waals surface area contributed by atoms with Crippen molar-refractivity contribution in [1.82, 2.24) is 15.5 Å². The minimum atomic E-state index is -0.198. The zero-order chi connectivity index (χ0) is 16.9. The molecule has 0 saturated heterocycles. The number of nitrogens with zero attached hydrogens (tertiary/aromatic N) is 1. The van der Waals surface area contributed by atoms with Gasteiger partial charge in [0, 0.05) is 6.54 Å². The molecule has 3 aromatic rings. The van der Waals surface area contributed by atoms with Gasteiger partial charge >= 0.3 is 0 Å². The number of amides is 1. The van der Waals surface area contributed by atoms with Gasteiger partial charge in [-0.15, -0.1) is 11.3 Å². The number of ether oxygens (including phenoxy) is 1. The number of benzene rings is 1. The highest BCUT2D eigenvalue weighted by Gasteiger charge is 2.11. The quantitative estimate of drug-likeness (QED) is 0.715. The van der Waals surface area contributed by atoms with E-state index in [9.17, 15) is 4.79 Å². The van der Waals surface area contributed by atoms with Crippen molar-refractivity contribution in [3.05, 3.63) is 59.1 Å². The number of H-pyrrole nitrogens is 1. The smallest absolute Gasteiger partial charge is 0.272 e. The summed E-state index contributed by atoms with van der Waals surface area (Å²) in [6.07, 6.45) is 0.146. The first-order chi connectivity index (χ1) is 11.6. The molecule has 1 amide bonds. The first kappa shape index (κ1) is 16.3. The van der Waals surface area contributed by atoms with Gasteiger partial charge in [0.25, 0.3) is 5.91 Å². The van der Waals surface area contributed by atoms with Crippen molar-refractivity contribution >= 4 is 17.2 Å². The first-order valence-corrected chi connectivity index (χ1v) is 8.63. The number of rotatable bonds is 6. The molecule has 0 aliphatic carbocycles. The number of aromatic amines is 1. The number of hydrogen-bond acceptors (Lipinski definition) is 4. The molecule has 0 aliphatic heterocycles. The van der Waals surface area contributed by atoms with Gasteiger partial charge in [0.1, 0.15) is 5.75 Å². The largest absolute Gasteiger partial charge is 0.491 e. The fourth-order valence-corrected chi connectivity index (χ4v) is 2.92. The molecule has 0 bridgehead atoms. The fourth-order valence-electron chi connectivity index (χ4n) is 2.23. The number of carbonyl (C=O) groups excluding carboxylic acids is 1. The molecule has 2 N–H and O–H groups in total. The van der Waals surface area contributed by atoms with Crippen LogP contribution in [-0.4, -0.2) is 22.2 Å². The van der Waals surface area contributed by atoms with Crippen LogP contribution in [0.15, 0.2) is 47.8 Å². The van der Waals surface area contributed by atoms with Crippen molar-refractivity contribution in [2.45, 2.75) is 26.5 Å². The van der Waals surface area contributed by atoms with Crippen LogP contribution in [0.1, 0.15) is 29.9 Å². The van der Waals surface area contributed by atoms with Gasteiger partial charge in [-0.3, -0.25) is 9.89 Å². The molecule has 0 unspecified atom stereocenters. The number of aromatic nitrogens is 2. The average molecular weight is 341 g/mol. The van der Waals surface area contributed by atoms with Crippen LogP contribution in [0, 0.1) is 0 Å². The van der Waals surface area contributed by atoms with Gasteiger partial charge in [-0.25, -0.2) is 0 Å². The molecule has 24 heavy (non-hydrogen) atoms. The van der Waals surface area contributed by atoms with Crippen molar-refractivity contribution in [2.24, 2.45) is 0 Å². The Kier molecular flexibility index (Phi) is 4.96. The third-order valence-electron chi connectivity index (χ3n) is 3.35. The lowest BCUT2D eigenvalue weighted by molar-refractivity contribution is 0.0946. The minimum Gasteiger partial charge on any atom is -0.491 e. The Balaban J connectivity index is 1.57. The van der Waals surface area contributed by atoms with E-state index < -0.39 is 0 Å². The normalized spacial score (nSPS) is 10.8. The number of hydrogen-bond donors (Lipinski definition) is 2. The highest BCUT2D eigenvalue weighted by atomic mass is 32.1. The van der Waals surface area contributed by atoms with E-state index >= 15 is 0 Å². The topological polar surface area (TPSA) is 67.0 Å². The zero-order valence-electron chi connectivity index (χ0n) is 13.6. The van der Waals surface area contributed by atoms with Crippen LogP contribution in [-0.2, 0) is 6.54 Å². The van der Waals surface area contributed by atoms with Gasteiger partial charge in [0.05, 0.1) is 16.7 Å². The molecule has 0 atom stereocenters. The maximum absolute atomic E-state index is 12.2. The van der Waals surface area contributed by atoms with E-state index in [4.69, 9.17) is 4.74 Å². The minimum absolute atomic E-state index is 0.146. The lowest BCUT2D eigenvalue weighted by atomic mass is 10.2. The summed E-state index contributed by atoms with van der Waals surface area (Å²) >= 11 is 1.60. The molecule has 2 heterocycles. The summed E-state index contributed by atoms with van der Waals surface area (Å²) in [5.74, 6) is 0.629. The Bertz CT molecular complexity index is 792. The Morgan fingerprint density at radius 1 is 1.29 bits per heavy atom. The summed E-state index contributed by atoms with van der Waals surface area (Å²) in [5, 5.41) is 11.8. The van der Waals surface area contributed by atoms with E-state index in [1.165, 1.54) is 0 Å². The van der Waals surface area contributed by atoms with Crippen LogP contribution < -0.4 is 10.1 Å². The van der Waals surface area contributed by atoms with Crippen LogP contribution in [0.3, 0.4) is 0 Å². The van der Waals surface area contributed by atoms with E-state index in [2.05, 4.69) is 15.5 Å². The molecule has 0 spiro atoms. The van der Waals surface area contributed by atoms with Crippen molar-refractivity contribution < 1.29 is 9.53 Å². The van der Waals surface area contributed by atoms with Gasteiger partial charge in [-0.1, -0.05) is 18.2 Å². The summed E-state index contributed by atoms with van der Waals surface area (Å²) in [7, 11) is 0. The molecule has 5 nitrogen and oxygen atoms in total.